The van der Waals surface area contributed by atoms with Crippen LogP contribution in [0.25, 0.3) is 0 Å². The summed E-state index contributed by atoms with van der Waals surface area (Å²) in [5, 5.41) is 8.81. The maximum absolute atomic E-state index is 12.5. The standard InChI is InChI=1S/C14H22N2O5/c1-2-21-13(19)9-16(11-3-4-11)14(20)15-6-5-10(8-15)7-12(17)18/h10-11H,2-9H2,1H3,(H,17,18). The lowest BCUT2D eigenvalue weighted by Crippen LogP contribution is -2.46. The molecule has 1 N–H and O–H groups in total. The molecule has 2 amide bonds. The molecule has 1 unspecified atom stereocenters. The number of amides is 2. The van der Waals surface area contributed by atoms with Crippen LogP contribution < -0.4 is 0 Å². The molecule has 118 valence electrons. The summed E-state index contributed by atoms with van der Waals surface area (Å²) < 4.78 is 4.91. The van der Waals surface area contributed by atoms with Crippen LogP contribution in [-0.4, -0.2) is 65.2 Å². The largest absolute Gasteiger partial charge is 0.481 e. The molecule has 2 aliphatic rings. The van der Waals surface area contributed by atoms with Gasteiger partial charge in [-0.2, -0.15) is 0 Å². The first kappa shape index (κ1) is 15.6. The number of carboxylic acids is 1. The Labute approximate surface area is 123 Å². The van der Waals surface area contributed by atoms with Gasteiger partial charge >= 0.3 is 18.0 Å². The van der Waals surface area contributed by atoms with Gasteiger partial charge in [-0.1, -0.05) is 0 Å². The number of hydrogen-bond acceptors (Lipinski definition) is 4. The molecule has 21 heavy (non-hydrogen) atoms. The molecule has 1 saturated heterocycles. The Morgan fingerprint density at radius 2 is 2.00 bits per heavy atom. The van der Waals surface area contributed by atoms with E-state index in [1.165, 1.54) is 0 Å². The molecule has 0 aromatic carbocycles. The van der Waals surface area contributed by atoms with Gasteiger partial charge in [-0.25, -0.2) is 4.79 Å². The molecule has 7 nitrogen and oxygen atoms in total. The topological polar surface area (TPSA) is 87.2 Å². The van der Waals surface area contributed by atoms with Crippen molar-refractivity contribution in [2.24, 2.45) is 5.92 Å². The maximum atomic E-state index is 12.5. The summed E-state index contributed by atoms with van der Waals surface area (Å²) in [5.74, 6) is -1.21. The molecule has 0 radical (unpaired) electrons. The fourth-order valence-electron chi connectivity index (χ4n) is 2.69. The fraction of sp³-hybridized carbons (Fsp3) is 0.786. The number of hydrogen-bond donors (Lipinski definition) is 1. The van der Waals surface area contributed by atoms with E-state index in [-0.39, 0.29) is 36.9 Å². The van der Waals surface area contributed by atoms with E-state index in [9.17, 15) is 14.4 Å². The van der Waals surface area contributed by atoms with Crippen molar-refractivity contribution in [2.45, 2.75) is 38.6 Å². The van der Waals surface area contributed by atoms with Gasteiger partial charge in [0.1, 0.15) is 6.54 Å². The highest BCUT2D eigenvalue weighted by Crippen LogP contribution is 2.29. The normalized spacial score (nSPS) is 21.2. The first-order valence-electron chi connectivity index (χ1n) is 7.44. The lowest BCUT2D eigenvalue weighted by Gasteiger charge is -2.27. The second-order valence-electron chi connectivity index (χ2n) is 5.65. The number of rotatable bonds is 6. The van der Waals surface area contributed by atoms with E-state index in [0.29, 0.717) is 26.1 Å². The van der Waals surface area contributed by atoms with Gasteiger partial charge in [-0.3, -0.25) is 9.59 Å². The van der Waals surface area contributed by atoms with Crippen LogP contribution in [0.5, 0.6) is 0 Å². The number of urea groups is 1. The molecule has 7 heteroatoms. The highest BCUT2D eigenvalue weighted by atomic mass is 16.5. The number of carbonyl (C=O) groups excluding carboxylic acids is 2. The predicted octanol–water partition coefficient (Wildman–Crippen LogP) is 0.930. The molecular formula is C14H22N2O5. The third-order valence-corrected chi connectivity index (χ3v) is 3.86. The van der Waals surface area contributed by atoms with Crippen LogP contribution in [0.2, 0.25) is 0 Å². The second-order valence-corrected chi connectivity index (χ2v) is 5.65. The zero-order valence-electron chi connectivity index (χ0n) is 12.3. The Bertz CT molecular complexity index is 422. The van der Waals surface area contributed by atoms with Crippen molar-refractivity contribution in [1.82, 2.24) is 9.80 Å². The number of ether oxygens (including phenoxy) is 1. The van der Waals surface area contributed by atoms with Crippen molar-refractivity contribution < 1.29 is 24.2 Å². The van der Waals surface area contributed by atoms with Crippen LogP contribution in [0.1, 0.15) is 32.6 Å². The predicted molar refractivity (Wildman–Crippen MR) is 73.7 cm³/mol. The smallest absolute Gasteiger partial charge is 0.325 e. The van der Waals surface area contributed by atoms with E-state index in [2.05, 4.69) is 0 Å². The van der Waals surface area contributed by atoms with Gasteiger partial charge < -0.3 is 19.6 Å². The van der Waals surface area contributed by atoms with Crippen molar-refractivity contribution in [1.29, 1.82) is 0 Å². The van der Waals surface area contributed by atoms with Crippen LogP contribution in [-0.2, 0) is 14.3 Å². The van der Waals surface area contributed by atoms with Gasteiger partial charge in [0.15, 0.2) is 0 Å². The molecule has 1 atom stereocenters. The summed E-state index contributed by atoms with van der Waals surface area (Å²) in [6, 6.07) is -0.0427. The Morgan fingerprint density at radius 1 is 1.29 bits per heavy atom. The summed E-state index contributed by atoms with van der Waals surface area (Å²) in [4.78, 5) is 38.1. The minimum Gasteiger partial charge on any atom is -0.481 e. The molecule has 1 saturated carbocycles. The van der Waals surface area contributed by atoms with Gasteiger partial charge in [-0.05, 0) is 32.1 Å². The zero-order chi connectivity index (χ0) is 15.4. The van der Waals surface area contributed by atoms with Crippen LogP contribution >= 0.6 is 0 Å². The third-order valence-electron chi connectivity index (χ3n) is 3.86. The summed E-state index contributed by atoms with van der Waals surface area (Å²) in [6.45, 7) is 3.03. The van der Waals surface area contributed by atoms with E-state index in [4.69, 9.17) is 9.84 Å². The van der Waals surface area contributed by atoms with Gasteiger partial charge in [0.25, 0.3) is 0 Å². The minimum absolute atomic E-state index is 0.00935. The van der Waals surface area contributed by atoms with Gasteiger partial charge in [-0.15, -0.1) is 0 Å². The summed E-state index contributed by atoms with van der Waals surface area (Å²) in [6.07, 6.45) is 2.62. The summed E-state index contributed by atoms with van der Waals surface area (Å²) in [5.41, 5.74) is 0. The minimum atomic E-state index is -0.833. The van der Waals surface area contributed by atoms with Gasteiger partial charge in [0.05, 0.1) is 6.61 Å². The van der Waals surface area contributed by atoms with Crippen LogP contribution in [0, 0.1) is 5.92 Å². The number of nitrogens with zero attached hydrogens (tertiary/aromatic N) is 2. The number of carboxylic acid groups (broad SMARTS) is 1. The fourth-order valence-corrected chi connectivity index (χ4v) is 2.69. The number of esters is 1. The quantitative estimate of drug-likeness (QED) is 0.737. The van der Waals surface area contributed by atoms with Crippen molar-refractivity contribution in [3.63, 3.8) is 0 Å². The molecule has 0 bridgehead atoms. The van der Waals surface area contributed by atoms with Crippen LogP contribution in [0.15, 0.2) is 0 Å². The van der Waals surface area contributed by atoms with Crippen molar-refractivity contribution in [2.75, 3.05) is 26.2 Å². The van der Waals surface area contributed by atoms with Crippen molar-refractivity contribution in [3.8, 4) is 0 Å². The molecule has 0 spiro atoms. The Morgan fingerprint density at radius 3 is 2.57 bits per heavy atom. The lowest BCUT2D eigenvalue weighted by molar-refractivity contribution is -0.144. The molecular weight excluding hydrogens is 276 g/mol. The highest BCUT2D eigenvalue weighted by molar-refractivity contribution is 5.82. The molecule has 0 aromatic heterocycles. The Balaban J connectivity index is 1.90. The molecule has 2 fully saturated rings. The van der Waals surface area contributed by atoms with E-state index in [1.807, 2.05) is 0 Å². The Kier molecular flexibility index (Phi) is 5.03. The molecule has 2 rings (SSSR count). The first-order chi connectivity index (χ1) is 10.0. The average molecular weight is 298 g/mol. The second kappa shape index (κ2) is 6.78. The van der Waals surface area contributed by atoms with Crippen molar-refractivity contribution in [3.05, 3.63) is 0 Å². The summed E-state index contributed by atoms with van der Waals surface area (Å²) in [7, 11) is 0. The lowest BCUT2D eigenvalue weighted by atomic mass is 10.1. The Hall–Kier alpha value is -1.79. The van der Waals surface area contributed by atoms with E-state index in [0.717, 1.165) is 12.8 Å². The molecule has 1 aliphatic carbocycles. The number of likely N-dealkylation sites (tertiary alicyclic amines) is 1. The maximum Gasteiger partial charge on any atom is 0.325 e. The summed E-state index contributed by atoms with van der Waals surface area (Å²) >= 11 is 0. The number of carbonyl (C=O) groups is 3. The highest BCUT2D eigenvalue weighted by Gasteiger charge is 2.38. The molecule has 1 heterocycles. The van der Waals surface area contributed by atoms with Gasteiger partial charge in [0.2, 0.25) is 0 Å². The van der Waals surface area contributed by atoms with Crippen LogP contribution in [0.3, 0.4) is 0 Å². The monoisotopic (exact) mass is 298 g/mol. The number of aliphatic carboxylic acids is 1. The van der Waals surface area contributed by atoms with Gasteiger partial charge in [0, 0.05) is 25.6 Å². The average Bonchev–Trinajstić information content (AvgIpc) is 3.15. The van der Waals surface area contributed by atoms with E-state index < -0.39 is 5.97 Å². The molecule has 0 aromatic rings. The third kappa shape index (κ3) is 4.34. The molecule has 1 aliphatic heterocycles. The SMILES string of the molecule is CCOC(=O)CN(C(=O)N1CCC(CC(=O)O)C1)C1CC1. The van der Waals surface area contributed by atoms with Crippen molar-refractivity contribution >= 4 is 18.0 Å². The first-order valence-corrected chi connectivity index (χ1v) is 7.44. The van der Waals surface area contributed by atoms with Crippen LogP contribution in [0.4, 0.5) is 4.79 Å². The zero-order valence-corrected chi connectivity index (χ0v) is 12.3. The van der Waals surface area contributed by atoms with E-state index in [1.54, 1.807) is 16.7 Å². The van der Waals surface area contributed by atoms with E-state index >= 15 is 0 Å².